The molecule has 1 aromatic heterocycles. The minimum atomic E-state index is -0.517. The van der Waals surface area contributed by atoms with Gasteiger partial charge in [0.1, 0.15) is 23.1 Å². The number of hydrogen-bond donors (Lipinski definition) is 1. The molecule has 3 rings (SSSR count). The fourth-order valence-corrected chi connectivity index (χ4v) is 3.28. The second-order valence-corrected chi connectivity index (χ2v) is 6.40. The van der Waals surface area contributed by atoms with E-state index in [1.165, 1.54) is 36.5 Å². The quantitative estimate of drug-likeness (QED) is 0.921. The lowest BCUT2D eigenvalue weighted by atomic mass is 9.91. The van der Waals surface area contributed by atoms with Crippen LogP contribution in [-0.4, -0.2) is 34.0 Å². The molecule has 1 amide bonds. The Labute approximate surface area is 145 Å². The maximum atomic E-state index is 13.7. The van der Waals surface area contributed by atoms with Crippen LogP contribution in [0, 0.1) is 17.6 Å². The number of carbonyl (C=O) groups excluding carboxylic acids is 1. The van der Waals surface area contributed by atoms with E-state index < -0.39 is 11.6 Å². The molecule has 0 spiro atoms. The van der Waals surface area contributed by atoms with Gasteiger partial charge in [0.05, 0.1) is 6.20 Å². The summed E-state index contributed by atoms with van der Waals surface area (Å²) in [4.78, 5) is 18.2. The lowest BCUT2D eigenvalue weighted by Crippen LogP contribution is -2.40. The highest BCUT2D eigenvalue weighted by Gasteiger charge is 2.25. The number of nitrogens with zero attached hydrogens (tertiary/aromatic N) is 2. The Morgan fingerprint density at radius 3 is 2.68 bits per heavy atom. The van der Waals surface area contributed by atoms with Gasteiger partial charge in [-0.2, -0.15) is 0 Å². The molecule has 2 aromatic rings. The zero-order chi connectivity index (χ0) is 17.8. The van der Waals surface area contributed by atoms with E-state index in [0.717, 1.165) is 12.8 Å². The summed E-state index contributed by atoms with van der Waals surface area (Å²) in [6.07, 6.45) is 3.99. The predicted octanol–water partition coefficient (Wildman–Crippen LogP) is 3.55. The second-order valence-electron chi connectivity index (χ2n) is 6.40. The number of amides is 1. The summed E-state index contributed by atoms with van der Waals surface area (Å²) >= 11 is 0. The highest BCUT2D eigenvalue weighted by atomic mass is 19.1. The summed E-state index contributed by atoms with van der Waals surface area (Å²) in [6.45, 7) is 1.20. The molecule has 1 fully saturated rings. The number of likely N-dealkylation sites (tertiary alicyclic amines) is 1. The van der Waals surface area contributed by atoms with Crippen molar-refractivity contribution in [3.63, 3.8) is 0 Å². The van der Waals surface area contributed by atoms with Crippen LogP contribution in [0.25, 0.3) is 0 Å². The molecule has 2 heterocycles. The van der Waals surface area contributed by atoms with Crippen molar-refractivity contribution in [3.05, 3.63) is 59.4 Å². The number of aromatic nitrogens is 1. The van der Waals surface area contributed by atoms with Gasteiger partial charge >= 0.3 is 0 Å². The van der Waals surface area contributed by atoms with Gasteiger partial charge in [0.15, 0.2) is 0 Å². The third kappa shape index (κ3) is 4.13. The number of aromatic hydroxyl groups is 1. The van der Waals surface area contributed by atoms with Crippen LogP contribution in [0.15, 0.2) is 36.5 Å². The SMILES string of the molecule is O=C(c1ccc(O)cn1)N1CCC[C@H](CCc2c(F)cccc2F)C1. The molecule has 1 aliphatic rings. The van der Waals surface area contributed by atoms with E-state index in [1.54, 1.807) is 4.90 Å². The molecule has 1 atom stereocenters. The average molecular weight is 346 g/mol. The summed E-state index contributed by atoms with van der Waals surface area (Å²) in [5.74, 6) is -0.996. The Bertz CT molecular complexity index is 729. The van der Waals surface area contributed by atoms with Crippen LogP contribution in [0.1, 0.15) is 35.3 Å². The molecular weight excluding hydrogens is 326 g/mol. The van der Waals surface area contributed by atoms with Crippen molar-refractivity contribution in [3.8, 4) is 5.75 Å². The molecule has 0 unspecified atom stereocenters. The molecule has 1 saturated heterocycles. The molecule has 0 aliphatic carbocycles. The largest absolute Gasteiger partial charge is 0.506 e. The number of piperidine rings is 1. The summed E-state index contributed by atoms with van der Waals surface area (Å²) in [6, 6.07) is 6.83. The van der Waals surface area contributed by atoms with Crippen LogP contribution in [0.3, 0.4) is 0 Å². The van der Waals surface area contributed by atoms with Gasteiger partial charge in [-0.3, -0.25) is 4.79 Å². The van der Waals surface area contributed by atoms with Gasteiger partial charge in [0, 0.05) is 18.7 Å². The van der Waals surface area contributed by atoms with E-state index in [4.69, 9.17) is 0 Å². The lowest BCUT2D eigenvalue weighted by molar-refractivity contribution is 0.0662. The number of hydrogen-bond acceptors (Lipinski definition) is 3. The molecular formula is C19H20F2N2O2. The smallest absolute Gasteiger partial charge is 0.272 e. The van der Waals surface area contributed by atoms with Crippen LogP contribution in [0.4, 0.5) is 8.78 Å². The zero-order valence-corrected chi connectivity index (χ0v) is 13.8. The number of pyridine rings is 1. The lowest BCUT2D eigenvalue weighted by Gasteiger charge is -2.32. The number of halogens is 2. The van der Waals surface area contributed by atoms with Crippen molar-refractivity contribution in [2.75, 3.05) is 13.1 Å². The van der Waals surface area contributed by atoms with Crippen LogP contribution >= 0.6 is 0 Å². The minimum absolute atomic E-state index is 0.0139. The summed E-state index contributed by atoms with van der Waals surface area (Å²) in [7, 11) is 0. The van der Waals surface area contributed by atoms with Gasteiger partial charge in [-0.15, -0.1) is 0 Å². The van der Waals surface area contributed by atoms with E-state index in [9.17, 15) is 18.7 Å². The van der Waals surface area contributed by atoms with Gasteiger partial charge in [0.2, 0.25) is 0 Å². The Hall–Kier alpha value is -2.50. The molecule has 6 heteroatoms. The monoisotopic (exact) mass is 346 g/mol. The van der Waals surface area contributed by atoms with Crippen molar-refractivity contribution in [1.82, 2.24) is 9.88 Å². The van der Waals surface area contributed by atoms with Crippen LogP contribution in [0.2, 0.25) is 0 Å². The fourth-order valence-electron chi connectivity index (χ4n) is 3.28. The summed E-state index contributed by atoms with van der Waals surface area (Å²) in [5, 5.41) is 9.27. The van der Waals surface area contributed by atoms with Crippen LogP contribution in [-0.2, 0) is 6.42 Å². The van der Waals surface area contributed by atoms with Gasteiger partial charge in [-0.05, 0) is 55.9 Å². The molecule has 0 bridgehead atoms. The van der Waals surface area contributed by atoms with E-state index in [2.05, 4.69) is 4.98 Å². The van der Waals surface area contributed by atoms with E-state index in [1.807, 2.05) is 0 Å². The van der Waals surface area contributed by atoms with Gasteiger partial charge in [-0.1, -0.05) is 6.07 Å². The van der Waals surface area contributed by atoms with Crippen molar-refractivity contribution < 1.29 is 18.7 Å². The van der Waals surface area contributed by atoms with Crippen LogP contribution < -0.4 is 0 Å². The summed E-state index contributed by atoms with van der Waals surface area (Å²) < 4.78 is 27.5. The first-order chi connectivity index (χ1) is 12.0. The fraction of sp³-hybridized carbons (Fsp3) is 0.368. The highest BCUT2D eigenvalue weighted by Crippen LogP contribution is 2.24. The van der Waals surface area contributed by atoms with Gasteiger partial charge < -0.3 is 10.0 Å². The number of carbonyl (C=O) groups is 1. The Balaban J connectivity index is 1.61. The molecule has 0 radical (unpaired) electrons. The molecule has 25 heavy (non-hydrogen) atoms. The standard InChI is InChI=1S/C19H20F2N2O2/c20-16-4-1-5-17(21)15(16)8-6-13-3-2-10-23(12-13)19(25)18-9-7-14(24)11-22-18/h1,4-5,7,9,11,13,24H,2-3,6,8,10,12H2/t13-/m1/s1. The Morgan fingerprint density at radius 2 is 2.00 bits per heavy atom. The maximum absolute atomic E-state index is 13.7. The first kappa shape index (κ1) is 17.3. The first-order valence-electron chi connectivity index (χ1n) is 8.42. The zero-order valence-electron chi connectivity index (χ0n) is 13.8. The van der Waals surface area contributed by atoms with E-state index >= 15 is 0 Å². The second kappa shape index (κ2) is 7.59. The predicted molar refractivity (Wildman–Crippen MR) is 89.2 cm³/mol. The maximum Gasteiger partial charge on any atom is 0.272 e. The third-order valence-electron chi connectivity index (χ3n) is 4.64. The summed E-state index contributed by atoms with van der Waals surface area (Å²) in [5.41, 5.74) is 0.407. The van der Waals surface area contributed by atoms with E-state index in [0.29, 0.717) is 31.6 Å². The Morgan fingerprint density at radius 1 is 1.24 bits per heavy atom. The third-order valence-corrected chi connectivity index (χ3v) is 4.64. The van der Waals surface area contributed by atoms with Gasteiger partial charge in [-0.25, -0.2) is 13.8 Å². The topological polar surface area (TPSA) is 53.4 Å². The Kier molecular flexibility index (Phi) is 5.26. The average Bonchev–Trinajstić information content (AvgIpc) is 2.62. The highest BCUT2D eigenvalue weighted by molar-refractivity contribution is 5.92. The van der Waals surface area contributed by atoms with Gasteiger partial charge in [0.25, 0.3) is 5.91 Å². The van der Waals surface area contributed by atoms with Crippen molar-refractivity contribution in [1.29, 1.82) is 0 Å². The molecule has 1 aromatic carbocycles. The van der Waals surface area contributed by atoms with Crippen molar-refractivity contribution in [2.45, 2.75) is 25.7 Å². The number of benzene rings is 1. The first-order valence-corrected chi connectivity index (χ1v) is 8.42. The van der Waals surface area contributed by atoms with E-state index in [-0.39, 0.29) is 23.1 Å². The molecule has 132 valence electrons. The molecule has 4 nitrogen and oxygen atoms in total. The van der Waals surface area contributed by atoms with Crippen molar-refractivity contribution in [2.24, 2.45) is 5.92 Å². The molecule has 0 saturated carbocycles. The van der Waals surface area contributed by atoms with Crippen molar-refractivity contribution >= 4 is 5.91 Å². The minimum Gasteiger partial charge on any atom is -0.506 e. The van der Waals surface area contributed by atoms with Crippen LogP contribution in [0.5, 0.6) is 5.75 Å². The number of rotatable bonds is 4. The molecule has 1 aliphatic heterocycles. The normalized spacial score (nSPS) is 17.5. The molecule has 1 N–H and O–H groups in total.